The van der Waals surface area contributed by atoms with E-state index in [-0.39, 0.29) is 31.0 Å². The molecule has 0 atom stereocenters. The van der Waals surface area contributed by atoms with Crippen molar-refractivity contribution in [3.8, 4) is 17.2 Å². The maximum atomic E-state index is 12.1. The predicted octanol–water partition coefficient (Wildman–Crippen LogP) is 4.07. The molecule has 0 aliphatic heterocycles. The quantitative estimate of drug-likeness (QED) is 0.404. The van der Waals surface area contributed by atoms with Gasteiger partial charge in [0, 0.05) is 24.6 Å². The average Bonchev–Trinajstić information content (AvgIpc) is 3.23. The number of nitrogens with one attached hydrogen (secondary N) is 2. The van der Waals surface area contributed by atoms with E-state index >= 15 is 0 Å². The second-order valence-corrected chi connectivity index (χ2v) is 7.21. The maximum Gasteiger partial charge on any atom is 0.306 e. The van der Waals surface area contributed by atoms with Crippen LogP contribution in [0.4, 0.5) is 11.5 Å². The molecular weight excluding hydrogens is 442 g/mol. The number of hydrogen-bond acceptors (Lipinski definition) is 8. The molecule has 1 heterocycles. The number of amides is 2. The number of ether oxygens (including phenoxy) is 3. The molecule has 34 heavy (non-hydrogen) atoms. The molecule has 10 nitrogen and oxygen atoms in total. The molecule has 1 aromatic heterocycles. The molecule has 2 aromatic carbocycles. The van der Waals surface area contributed by atoms with Gasteiger partial charge in [0.25, 0.3) is 5.91 Å². The van der Waals surface area contributed by atoms with Gasteiger partial charge in [-0.15, -0.1) is 0 Å². The Balaban J connectivity index is 1.34. The van der Waals surface area contributed by atoms with Crippen molar-refractivity contribution >= 4 is 29.3 Å². The molecule has 0 fully saturated rings. The Hall–Kier alpha value is -4.34. The smallest absolute Gasteiger partial charge is 0.306 e. The molecule has 0 aliphatic carbocycles. The lowest BCUT2D eigenvalue weighted by Gasteiger charge is -2.11. The molecule has 0 saturated heterocycles. The van der Waals surface area contributed by atoms with Crippen LogP contribution in [-0.2, 0) is 19.1 Å². The molecule has 0 aliphatic rings. The fourth-order valence-corrected chi connectivity index (χ4v) is 2.88. The SMILES string of the molecule is COc1ccccc1Oc1ccc(NC(=O)CCCC(=O)OCC(=O)Nc2cc(C)on2)cc1. The molecule has 178 valence electrons. The maximum absolute atomic E-state index is 12.1. The number of nitrogens with zero attached hydrogens (tertiary/aromatic N) is 1. The van der Waals surface area contributed by atoms with E-state index in [1.54, 1.807) is 56.5 Å². The first-order valence-electron chi connectivity index (χ1n) is 10.5. The molecule has 2 amide bonds. The van der Waals surface area contributed by atoms with Gasteiger partial charge < -0.3 is 29.4 Å². The minimum Gasteiger partial charge on any atom is -0.493 e. The van der Waals surface area contributed by atoms with Gasteiger partial charge in [-0.2, -0.15) is 0 Å². The number of anilines is 2. The zero-order valence-corrected chi connectivity index (χ0v) is 18.8. The third-order valence-corrected chi connectivity index (χ3v) is 4.48. The van der Waals surface area contributed by atoms with Crippen LogP contribution in [0.2, 0.25) is 0 Å². The first-order valence-corrected chi connectivity index (χ1v) is 10.5. The number of aromatic nitrogens is 1. The summed E-state index contributed by atoms with van der Waals surface area (Å²) in [5, 5.41) is 8.81. The minimum atomic E-state index is -0.572. The fraction of sp³-hybridized carbons (Fsp3) is 0.250. The van der Waals surface area contributed by atoms with Gasteiger partial charge in [0.1, 0.15) is 11.5 Å². The van der Waals surface area contributed by atoms with E-state index in [0.717, 1.165) is 0 Å². The van der Waals surface area contributed by atoms with Gasteiger partial charge in [0.2, 0.25) is 5.91 Å². The molecule has 10 heteroatoms. The number of aryl methyl sites for hydroxylation is 1. The first kappa shape index (κ1) is 24.3. The zero-order chi connectivity index (χ0) is 24.3. The third kappa shape index (κ3) is 7.66. The van der Waals surface area contributed by atoms with Gasteiger partial charge in [-0.05, 0) is 49.7 Å². The Labute approximate surface area is 196 Å². The van der Waals surface area contributed by atoms with E-state index in [4.69, 9.17) is 18.7 Å². The number of benzene rings is 2. The van der Waals surface area contributed by atoms with E-state index < -0.39 is 18.5 Å². The Kier molecular flexibility index (Phi) is 8.61. The van der Waals surface area contributed by atoms with Crippen molar-refractivity contribution < 1.29 is 33.1 Å². The first-order chi connectivity index (χ1) is 16.4. The summed E-state index contributed by atoms with van der Waals surface area (Å²) in [7, 11) is 1.57. The van der Waals surface area contributed by atoms with Crippen LogP contribution in [0.1, 0.15) is 25.0 Å². The molecule has 0 saturated carbocycles. The highest BCUT2D eigenvalue weighted by atomic mass is 16.5. The standard InChI is InChI=1S/C24H25N3O7/c1-16-14-21(27-34-16)26-23(29)15-32-24(30)9-5-8-22(28)25-17-10-12-18(13-11-17)33-20-7-4-3-6-19(20)31-2/h3-4,6-7,10-14H,5,8-9,15H2,1-2H3,(H,25,28)(H,26,27,29). The van der Waals surface area contributed by atoms with Crippen LogP contribution in [0.15, 0.2) is 59.1 Å². The van der Waals surface area contributed by atoms with Gasteiger partial charge in [-0.3, -0.25) is 14.4 Å². The molecule has 0 bridgehead atoms. The zero-order valence-electron chi connectivity index (χ0n) is 18.8. The summed E-state index contributed by atoms with van der Waals surface area (Å²) in [6.45, 7) is 1.24. The molecule has 0 radical (unpaired) electrons. The Morgan fingerprint density at radius 1 is 0.941 bits per heavy atom. The van der Waals surface area contributed by atoms with Gasteiger partial charge in [0.15, 0.2) is 23.9 Å². The lowest BCUT2D eigenvalue weighted by molar-refractivity contribution is -0.147. The summed E-state index contributed by atoms with van der Waals surface area (Å²) in [5.41, 5.74) is 0.597. The van der Waals surface area contributed by atoms with Gasteiger partial charge in [-0.25, -0.2) is 0 Å². The summed E-state index contributed by atoms with van der Waals surface area (Å²) >= 11 is 0. The summed E-state index contributed by atoms with van der Waals surface area (Å²) in [5.74, 6) is 1.23. The third-order valence-electron chi connectivity index (χ3n) is 4.48. The van der Waals surface area contributed by atoms with Crippen molar-refractivity contribution in [3.05, 3.63) is 60.4 Å². The lowest BCUT2D eigenvalue weighted by atomic mass is 10.2. The van der Waals surface area contributed by atoms with E-state index in [0.29, 0.717) is 28.7 Å². The normalized spacial score (nSPS) is 10.3. The number of hydrogen-bond donors (Lipinski definition) is 2. The fourth-order valence-electron chi connectivity index (χ4n) is 2.88. The second kappa shape index (κ2) is 12.0. The van der Waals surface area contributed by atoms with E-state index in [2.05, 4.69) is 15.8 Å². The largest absolute Gasteiger partial charge is 0.493 e. The molecule has 3 aromatic rings. The molecule has 3 rings (SSSR count). The number of methoxy groups -OCH3 is 1. The van der Waals surface area contributed by atoms with Crippen LogP contribution in [-0.4, -0.2) is 36.7 Å². The Morgan fingerprint density at radius 2 is 1.68 bits per heavy atom. The van der Waals surface area contributed by atoms with E-state index in [1.165, 1.54) is 0 Å². The summed E-state index contributed by atoms with van der Waals surface area (Å²) in [6, 6.07) is 15.7. The minimum absolute atomic E-state index is 0.00938. The second-order valence-electron chi connectivity index (χ2n) is 7.21. The van der Waals surface area contributed by atoms with Crippen molar-refractivity contribution in [2.75, 3.05) is 24.4 Å². The van der Waals surface area contributed by atoms with Crippen LogP contribution in [0.5, 0.6) is 17.2 Å². The summed E-state index contributed by atoms with van der Waals surface area (Å²) in [4.78, 5) is 35.6. The highest BCUT2D eigenvalue weighted by molar-refractivity contribution is 5.92. The number of rotatable bonds is 11. The van der Waals surface area contributed by atoms with Crippen molar-refractivity contribution in [1.82, 2.24) is 5.16 Å². The van der Waals surface area contributed by atoms with Gasteiger partial charge >= 0.3 is 5.97 Å². The monoisotopic (exact) mass is 467 g/mol. The van der Waals surface area contributed by atoms with E-state index in [9.17, 15) is 14.4 Å². The number of carbonyl (C=O) groups is 3. The van der Waals surface area contributed by atoms with Crippen molar-refractivity contribution in [3.63, 3.8) is 0 Å². The predicted molar refractivity (Wildman–Crippen MR) is 123 cm³/mol. The lowest BCUT2D eigenvalue weighted by Crippen LogP contribution is -2.21. The summed E-state index contributed by atoms with van der Waals surface area (Å²) in [6.07, 6.45) is 0.415. The van der Waals surface area contributed by atoms with Crippen LogP contribution >= 0.6 is 0 Å². The van der Waals surface area contributed by atoms with Gasteiger partial charge in [0.05, 0.1) is 7.11 Å². The number of para-hydroxylation sites is 2. The highest BCUT2D eigenvalue weighted by Gasteiger charge is 2.11. The summed E-state index contributed by atoms with van der Waals surface area (Å²) < 4.78 is 20.8. The number of carbonyl (C=O) groups excluding carboxylic acids is 3. The van der Waals surface area contributed by atoms with Crippen molar-refractivity contribution in [1.29, 1.82) is 0 Å². The van der Waals surface area contributed by atoms with Crippen molar-refractivity contribution in [2.45, 2.75) is 26.2 Å². The van der Waals surface area contributed by atoms with Crippen molar-refractivity contribution in [2.24, 2.45) is 0 Å². The van der Waals surface area contributed by atoms with Crippen LogP contribution in [0.3, 0.4) is 0 Å². The van der Waals surface area contributed by atoms with Crippen LogP contribution in [0, 0.1) is 6.92 Å². The molecule has 2 N–H and O–H groups in total. The Morgan fingerprint density at radius 3 is 2.35 bits per heavy atom. The molecule has 0 unspecified atom stereocenters. The van der Waals surface area contributed by atoms with Gasteiger partial charge in [-0.1, -0.05) is 17.3 Å². The van der Waals surface area contributed by atoms with E-state index in [1.807, 2.05) is 12.1 Å². The highest BCUT2D eigenvalue weighted by Crippen LogP contribution is 2.31. The molecular formula is C24H25N3O7. The average molecular weight is 467 g/mol. The molecule has 0 spiro atoms. The van der Waals surface area contributed by atoms with Crippen LogP contribution < -0.4 is 20.1 Å². The topological polar surface area (TPSA) is 129 Å². The Bertz CT molecular complexity index is 1130. The number of esters is 1. The van der Waals surface area contributed by atoms with Crippen LogP contribution in [0.25, 0.3) is 0 Å².